The Kier molecular flexibility index (Phi) is 4.84. The fourth-order valence-corrected chi connectivity index (χ4v) is 5.14. The van der Waals surface area contributed by atoms with E-state index >= 15 is 0 Å². The lowest BCUT2D eigenvalue weighted by molar-refractivity contribution is 0.0878. The fourth-order valence-electron chi connectivity index (χ4n) is 4.89. The van der Waals surface area contributed by atoms with E-state index in [0.29, 0.717) is 39.1 Å². The van der Waals surface area contributed by atoms with Gasteiger partial charge in [0.05, 0.1) is 47.4 Å². The molecule has 4 aromatic rings. The molecule has 1 aliphatic carbocycles. The van der Waals surface area contributed by atoms with Crippen LogP contribution in [0.4, 0.5) is 11.4 Å². The van der Waals surface area contributed by atoms with Gasteiger partial charge in [-0.1, -0.05) is 17.7 Å². The average Bonchev–Trinajstić information content (AvgIpc) is 3.19. The highest BCUT2D eigenvalue weighted by atomic mass is 35.5. The van der Waals surface area contributed by atoms with Crippen LogP contribution in [0.25, 0.3) is 22.3 Å². The Bertz CT molecular complexity index is 1450. The zero-order valence-electron chi connectivity index (χ0n) is 18.6. The third-order valence-corrected chi connectivity index (χ3v) is 6.98. The van der Waals surface area contributed by atoms with Crippen LogP contribution >= 0.6 is 11.6 Å². The van der Waals surface area contributed by atoms with Gasteiger partial charge in [-0.15, -0.1) is 0 Å². The van der Waals surface area contributed by atoms with E-state index in [9.17, 15) is 4.79 Å². The summed E-state index contributed by atoms with van der Waals surface area (Å²) in [5.74, 6) is 1.13. The lowest BCUT2D eigenvalue weighted by Gasteiger charge is -2.40. The van der Waals surface area contributed by atoms with Gasteiger partial charge in [-0.3, -0.25) is 9.78 Å². The van der Waals surface area contributed by atoms with Crippen LogP contribution in [0.5, 0.6) is 11.6 Å². The number of hydrogen-bond donors (Lipinski definition) is 3. The molecule has 1 amide bonds. The number of aromatic amines is 1. The van der Waals surface area contributed by atoms with Crippen LogP contribution in [-0.2, 0) is 0 Å². The maximum Gasteiger partial charge on any atom is 0.255 e. The summed E-state index contributed by atoms with van der Waals surface area (Å²) in [5.41, 5.74) is 5.81. The zero-order chi connectivity index (χ0) is 23.4. The number of anilines is 2. The number of rotatable bonds is 5. The molecular formula is C25H22ClN5O3. The summed E-state index contributed by atoms with van der Waals surface area (Å²) in [4.78, 5) is 25.9. The number of fused-ring (bicyclic) bond motifs is 4. The quantitative estimate of drug-likeness (QED) is 0.374. The Morgan fingerprint density at radius 3 is 2.76 bits per heavy atom. The largest absolute Gasteiger partial charge is 0.493 e. The number of carbonyl (C=O) groups is 1. The predicted molar refractivity (Wildman–Crippen MR) is 130 cm³/mol. The first kappa shape index (κ1) is 20.8. The summed E-state index contributed by atoms with van der Waals surface area (Å²) in [7, 11) is 3.15. The van der Waals surface area contributed by atoms with E-state index in [1.807, 2.05) is 24.3 Å². The van der Waals surface area contributed by atoms with Crippen LogP contribution in [-0.4, -0.2) is 41.1 Å². The normalized spacial score (nSPS) is 18.5. The molecule has 1 aromatic carbocycles. The maximum atomic E-state index is 13.2. The minimum atomic E-state index is -0.106. The van der Waals surface area contributed by atoms with Gasteiger partial charge in [-0.25, -0.2) is 4.98 Å². The number of carbonyl (C=O) groups excluding carboxylic acids is 1. The number of amides is 1. The molecule has 3 N–H and O–H groups in total. The van der Waals surface area contributed by atoms with Crippen molar-refractivity contribution in [3.63, 3.8) is 0 Å². The van der Waals surface area contributed by atoms with Gasteiger partial charge < -0.3 is 25.1 Å². The lowest BCUT2D eigenvalue weighted by Crippen LogP contribution is -2.49. The fraction of sp³-hybridized carbons (Fsp3) is 0.240. The first-order chi connectivity index (χ1) is 16.6. The number of pyridine rings is 2. The van der Waals surface area contributed by atoms with Crippen LogP contribution in [0.2, 0.25) is 5.02 Å². The third kappa shape index (κ3) is 3.09. The maximum absolute atomic E-state index is 13.2. The van der Waals surface area contributed by atoms with Crippen molar-refractivity contribution in [2.24, 2.45) is 0 Å². The van der Waals surface area contributed by atoms with Crippen LogP contribution in [0.15, 0.2) is 42.6 Å². The molecule has 172 valence electrons. The van der Waals surface area contributed by atoms with Gasteiger partial charge in [0.15, 0.2) is 5.75 Å². The Hall–Kier alpha value is -3.78. The first-order valence-electron chi connectivity index (χ1n) is 11.1. The molecule has 2 unspecified atom stereocenters. The number of ether oxygens (including phenoxy) is 2. The first-order valence-corrected chi connectivity index (χ1v) is 11.4. The van der Waals surface area contributed by atoms with Gasteiger partial charge in [0, 0.05) is 35.5 Å². The Labute approximate surface area is 200 Å². The molecule has 1 aliphatic heterocycles. The number of aromatic nitrogens is 3. The van der Waals surface area contributed by atoms with Crippen molar-refractivity contribution in [3.05, 3.63) is 58.9 Å². The molecule has 6 rings (SSSR count). The van der Waals surface area contributed by atoms with Gasteiger partial charge in [-0.05, 0) is 37.1 Å². The summed E-state index contributed by atoms with van der Waals surface area (Å²) in [5, 5.41) is 7.07. The number of benzene rings is 1. The van der Waals surface area contributed by atoms with E-state index in [4.69, 9.17) is 21.1 Å². The molecule has 1 saturated carbocycles. The van der Waals surface area contributed by atoms with E-state index in [1.165, 1.54) is 0 Å². The molecule has 1 fully saturated rings. The number of para-hydroxylation sites is 1. The summed E-state index contributed by atoms with van der Waals surface area (Å²) < 4.78 is 10.9. The summed E-state index contributed by atoms with van der Waals surface area (Å²) in [6.07, 6.45) is 3.73. The van der Waals surface area contributed by atoms with Crippen LogP contribution in [0, 0.1) is 0 Å². The van der Waals surface area contributed by atoms with Crippen molar-refractivity contribution in [2.45, 2.75) is 24.8 Å². The molecule has 2 aliphatic rings. The van der Waals surface area contributed by atoms with Crippen LogP contribution in [0.1, 0.15) is 34.8 Å². The van der Waals surface area contributed by atoms with Gasteiger partial charge in [-0.2, -0.15) is 0 Å². The monoisotopic (exact) mass is 475 g/mol. The minimum Gasteiger partial charge on any atom is -0.493 e. The van der Waals surface area contributed by atoms with Gasteiger partial charge in [0.2, 0.25) is 5.88 Å². The summed E-state index contributed by atoms with van der Waals surface area (Å²) in [6, 6.07) is 11.2. The van der Waals surface area contributed by atoms with Crippen molar-refractivity contribution >= 4 is 39.9 Å². The number of hydrogen-bond acceptors (Lipinski definition) is 6. The second-order valence-electron chi connectivity index (χ2n) is 8.45. The molecule has 8 nitrogen and oxygen atoms in total. The number of H-pyrrole nitrogens is 1. The van der Waals surface area contributed by atoms with E-state index in [1.54, 1.807) is 32.5 Å². The van der Waals surface area contributed by atoms with E-state index in [0.717, 1.165) is 35.3 Å². The van der Waals surface area contributed by atoms with Crippen molar-refractivity contribution in [1.82, 2.24) is 20.3 Å². The topological polar surface area (TPSA) is 101 Å². The zero-order valence-corrected chi connectivity index (χ0v) is 19.4. The van der Waals surface area contributed by atoms with Gasteiger partial charge in [0.25, 0.3) is 5.91 Å². The molecule has 34 heavy (non-hydrogen) atoms. The van der Waals surface area contributed by atoms with Crippen molar-refractivity contribution in [3.8, 4) is 22.9 Å². The Morgan fingerprint density at radius 1 is 1.12 bits per heavy atom. The van der Waals surface area contributed by atoms with Crippen LogP contribution < -0.4 is 20.1 Å². The van der Waals surface area contributed by atoms with Crippen molar-refractivity contribution in [2.75, 3.05) is 19.5 Å². The number of methoxy groups -OCH3 is 2. The SMILES string of the molecule is COc1ccc2nccc(-c3[nH]c4c(c3Nc3cccc(Cl)c3OC)C(=O)NC3CCC43)c2n1. The highest BCUT2D eigenvalue weighted by Gasteiger charge is 2.43. The standard InChI is InChI=1S/C25H22ClN5O3/c1-33-18-9-8-16-20(30-18)13(10-11-27-16)22-23(28-17-5-3-4-14(26)24(17)34-2)19-21(31-22)12-6-7-15(12)29-25(19)32/h3-5,8-12,15,28,31H,6-7H2,1-2H3,(H,29,32). The molecular weight excluding hydrogens is 454 g/mol. The smallest absolute Gasteiger partial charge is 0.255 e. The predicted octanol–water partition coefficient (Wildman–Crippen LogP) is 5.03. The molecule has 3 aromatic heterocycles. The molecule has 0 spiro atoms. The molecule has 2 atom stereocenters. The molecule has 0 bridgehead atoms. The number of halogens is 1. The highest BCUT2D eigenvalue weighted by Crippen LogP contribution is 2.48. The Balaban J connectivity index is 1.60. The molecule has 4 heterocycles. The second kappa shape index (κ2) is 7.92. The third-order valence-electron chi connectivity index (χ3n) is 6.69. The molecule has 0 saturated heterocycles. The Morgan fingerprint density at radius 2 is 2.00 bits per heavy atom. The van der Waals surface area contributed by atoms with Crippen molar-refractivity contribution in [1.29, 1.82) is 0 Å². The molecule has 9 heteroatoms. The van der Waals surface area contributed by atoms with E-state index in [-0.39, 0.29) is 17.9 Å². The highest BCUT2D eigenvalue weighted by molar-refractivity contribution is 6.32. The minimum absolute atomic E-state index is 0.106. The average molecular weight is 476 g/mol. The number of nitrogens with one attached hydrogen (secondary N) is 3. The number of nitrogens with zero attached hydrogens (tertiary/aromatic N) is 2. The van der Waals surface area contributed by atoms with Crippen molar-refractivity contribution < 1.29 is 14.3 Å². The second-order valence-corrected chi connectivity index (χ2v) is 8.86. The van der Waals surface area contributed by atoms with Gasteiger partial charge >= 0.3 is 0 Å². The summed E-state index contributed by atoms with van der Waals surface area (Å²) >= 11 is 6.38. The van der Waals surface area contributed by atoms with E-state index in [2.05, 4.69) is 25.6 Å². The lowest BCUT2D eigenvalue weighted by atomic mass is 9.74. The van der Waals surface area contributed by atoms with Gasteiger partial charge in [0.1, 0.15) is 5.52 Å². The summed E-state index contributed by atoms with van der Waals surface area (Å²) in [6.45, 7) is 0. The van der Waals surface area contributed by atoms with E-state index < -0.39 is 0 Å². The van der Waals surface area contributed by atoms with Crippen LogP contribution in [0.3, 0.4) is 0 Å². The molecule has 0 radical (unpaired) electrons.